The number of nitrogens with one attached hydrogen (secondary N) is 1. The van der Waals surface area contributed by atoms with Crippen molar-refractivity contribution in [1.82, 2.24) is 5.32 Å². The molecule has 108 valence electrons. The summed E-state index contributed by atoms with van der Waals surface area (Å²) in [6.45, 7) is 6.18. The van der Waals surface area contributed by atoms with Gasteiger partial charge in [0.25, 0.3) is 0 Å². The third-order valence-electron chi connectivity index (χ3n) is 3.86. The van der Waals surface area contributed by atoms with Gasteiger partial charge in [0.2, 0.25) is 0 Å². The van der Waals surface area contributed by atoms with E-state index in [0.717, 1.165) is 12.5 Å². The second-order valence-electron chi connectivity index (χ2n) is 5.37. The van der Waals surface area contributed by atoms with Crippen molar-refractivity contribution in [2.75, 3.05) is 32.1 Å². The maximum absolute atomic E-state index is 5.90. The smallest absolute Gasteiger partial charge is 0.0444 e. The van der Waals surface area contributed by atoms with Crippen LogP contribution in [0.25, 0.3) is 0 Å². The lowest BCUT2D eigenvalue weighted by Gasteiger charge is -2.22. The molecule has 0 amide bonds. The van der Waals surface area contributed by atoms with E-state index < -0.39 is 0 Å². The Balaban J connectivity index is 2.63. The van der Waals surface area contributed by atoms with E-state index in [1.165, 1.54) is 24.1 Å². The zero-order chi connectivity index (χ0) is 14.3. The van der Waals surface area contributed by atoms with Gasteiger partial charge in [-0.2, -0.15) is 0 Å². The summed E-state index contributed by atoms with van der Waals surface area (Å²) in [5.41, 5.74) is 8.40. The van der Waals surface area contributed by atoms with Gasteiger partial charge in [0.05, 0.1) is 0 Å². The Kier molecular flexibility index (Phi) is 6.89. The van der Waals surface area contributed by atoms with Crippen molar-refractivity contribution in [1.29, 1.82) is 0 Å². The van der Waals surface area contributed by atoms with E-state index in [9.17, 15) is 0 Å². The minimum Gasteiger partial charge on any atom is -0.378 e. The van der Waals surface area contributed by atoms with Gasteiger partial charge in [-0.05, 0) is 30.2 Å². The summed E-state index contributed by atoms with van der Waals surface area (Å²) in [4.78, 5) is 2.11. The van der Waals surface area contributed by atoms with Crippen molar-refractivity contribution in [2.45, 2.75) is 32.7 Å². The predicted octanol–water partition coefficient (Wildman–Crippen LogP) is 2.78. The first kappa shape index (κ1) is 16.0. The topological polar surface area (TPSA) is 41.3 Å². The Hall–Kier alpha value is -1.06. The summed E-state index contributed by atoms with van der Waals surface area (Å²) in [5, 5.41) is 3.60. The zero-order valence-corrected chi connectivity index (χ0v) is 12.8. The molecule has 3 nitrogen and oxygen atoms in total. The van der Waals surface area contributed by atoms with Gasteiger partial charge in [0, 0.05) is 32.4 Å². The monoisotopic (exact) mass is 263 g/mol. The van der Waals surface area contributed by atoms with Gasteiger partial charge in [-0.1, -0.05) is 38.8 Å². The van der Waals surface area contributed by atoms with Gasteiger partial charge >= 0.3 is 0 Å². The highest BCUT2D eigenvalue weighted by atomic mass is 15.1. The summed E-state index contributed by atoms with van der Waals surface area (Å²) in [6, 6.07) is 8.91. The van der Waals surface area contributed by atoms with Crippen LogP contribution in [0.3, 0.4) is 0 Å². The summed E-state index contributed by atoms with van der Waals surface area (Å²) >= 11 is 0. The predicted molar refractivity (Wildman–Crippen MR) is 84.6 cm³/mol. The number of nitrogens with two attached hydrogens (primary N) is 1. The Labute approximate surface area is 118 Å². The highest BCUT2D eigenvalue weighted by molar-refractivity contribution is 5.46. The van der Waals surface area contributed by atoms with Crippen LogP contribution in [0.5, 0.6) is 0 Å². The molecule has 0 radical (unpaired) electrons. The molecule has 0 aromatic heterocycles. The number of hydrogen-bond donors (Lipinski definition) is 2. The fourth-order valence-electron chi connectivity index (χ4n) is 2.23. The van der Waals surface area contributed by atoms with Crippen LogP contribution in [-0.2, 0) is 0 Å². The molecule has 1 aromatic rings. The molecule has 1 atom stereocenters. The first-order valence-electron chi connectivity index (χ1n) is 7.33. The Morgan fingerprint density at radius 2 is 1.68 bits per heavy atom. The van der Waals surface area contributed by atoms with Crippen LogP contribution >= 0.6 is 0 Å². The third kappa shape index (κ3) is 4.84. The Morgan fingerprint density at radius 3 is 2.11 bits per heavy atom. The maximum Gasteiger partial charge on any atom is 0.0444 e. The third-order valence-corrected chi connectivity index (χ3v) is 3.86. The van der Waals surface area contributed by atoms with Crippen LogP contribution in [-0.4, -0.2) is 27.2 Å². The van der Waals surface area contributed by atoms with Crippen LogP contribution in [0.4, 0.5) is 5.69 Å². The van der Waals surface area contributed by atoms with E-state index in [2.05, 4.69) is 62.4 Å². The van der Waals surface area contributed by atoms with Gasteiger partial charge in [0.1, 0.15) is 0 Å². The summed E-state index contributed by atoms with van der Waals surface area (Å²) in [7, 11) is 4.11. The van der Waals surface area contributed by atoms with Crippen molar-refractivity contribution >= 4 is 5.69 Å². The van der Waals surface area contributed by atoms with Crippen LogP contribution in [0.1, 0.15) is 38.3 Å². The van der Waals surface area contributed by atoms with E-state index in [-0.39, 0.29) is 6.04 Å². The number of hydrogen-bond acceptors (Lipinski definition) is 3. The largest absolute Gasteiger partial charge is 0.378 e. The molecule has 0 saturated carbocycles. The summed E-state index contributed by atoms with van der Waals surface area (Å²) < 4.78 is 0. The molecule has 19 heavy (non-hydrogen) atoms. The molecule has 0 spiro atoms. The van der Waals surface area contributed by atoms with Crippen molar-refractivity contribution in [3.63, 3.8) is 0 Å². The first-order valence-corrected chi connectivity index (χ1v) is 7.33. The standard InChI is InChI=1S/C16H29N3/c1-5-13(6-2)12-18-16(11-17)14-7-9-15(10-8-14)19(3)4/h7-10,13,16,18H,5-6,11-12,17H2,1-4H3. The van der Waals surface area contributed by atoms with Crippen molar-refractivity contribution in [2.24, 2.45) is 11.7 Å². The van der Waals surface area contributed by atoms with Crippen molar-refractivity contribution in [3.05, 3.63) is 29.8 Å². The Morgan fingerprint density at radius 1 is 1.11 bits per heavy atom. The normalized spacial score (nSPS) is 12.7. The maximum atomic E-state index is 5.90. The van der Waals surface area contributed by atoms with E-state index in [1.54, 1.807) is 0 Å². The fourth-order valence-corrected chi connectivity index (χ4v) is 2.23. The number of anilines is 1. The molecule has 1 aromatic carbocycles. The average molecular weight is 263 g/mol. The minimum absolute atomic E-state index is 0.261. The molecule has 3 heteroatoms. The lowest BCUT2D eigenvalue weighted by molar-refractivity contribution is 0.414. The van der Waals surface area contributed by atoms with Crippen molar-refractivity contribution in [3.8, 4) is 0 Å². The van der Waals surface area contributed by atoms with E-state index in [4.69, 9.17) is 5.73 Å². The minimum atomic E-state index is 0.261. The molecule has 0 fully saturated rings. The highest BCUT2D eigenvalue weighted by Gasteiger charge is 2.11. The van der Waals surface area contributed by atoms with Crippen LogP contribution in [0.15, 0.2) is 24.3 Å². The molecule has 1 rings (SSSR count). The zero-order valence-electron chi connectivity index (χ0n) is 12.8. The number of benzene rings is 1. The summed E-state index contributed by atoms with van der Waals surface area (Å²) in [6.07, 6.45) is 2.45. The number of nitrogens with zero attached hydrogens (tertiary/aromatic N) is 1. The first-order chi connectivity index (χ1) is 9.12. The van der Waals surface area contributed by atoms with Gasteiger partial charge in [0.15, 0.2) is 0 Å². The Bertz CT molecular complexity index is 342. The molecule has 0 aliphatic rings. The van der Waals surface area contributed by atoms with Crippen LogP contribution < -0.4 is 16.0 Å². The number of rotatable bonds is 8. The fraction of sp³-hybridized carbons (Fsp3) is 0.625. The summed E-state index contributed by atoms with van der Waals surface area (Å²) in [5.74, 6) is 0.745. The lowest BCUT2D eigenvalue weighted by atomic mass is 10.0. The van der Waals surface area contributed by atoms with Gasteiger partial charge < -0.3 is 16.0 Å². The van der Waals surface area contributed by atoms with Crippen molar-refractivity contribution < 1.29 is 0 Å². The molecule has 0 saturated heterocycles. The molecular formula is C16H29N3. The van der Waals surface area contributed by atoms with E-state index in [0.29, 0.717) is 6.54 Å². The molecule has 3 N–H and O–H groups in total. The van der Waals surface area contributed by atoms with Gasteiger partial charge in [-0.25, -0.2) is 0 Å². The molecule has 0 heterocycles. The molecule has 0 aliphatic heterocycles. The highest BCUT2D eigenvalue weighted by Crippen LogP contribution is 2.18. The van der Waals surface area contributed by atoms with Gasteiger partial charge in [-0.15, -0.1) is 0 Å². The van der Waals surface area contributed by atoms with Crippen LogP contribution in [0.2, 0.25) is 0 Å². The molecule has 1 unspecified atom stereocenters. The molecule has 0 bridgehead atoms. The molecule has 0 aliphatic carbocycles. The second kappa shape index (κ2) is 8.18. The lowest BCUT2D eigenvalue weighted by Crippen LogP contribution is -2.32. The van der Waals surface area contributed by atoms with Gasteiger partial charge in [-0.3, -0.25) is 0 Å². The SMILES string of the molecule is CCC(CC)CNC(CN)c1ccc(N(C)C)cc1. The van der Waals surface area contributed by atoms with E-state index >= 15 is 0 Å². The quantitative estimate of drug-likeness (QED) is 0.758. The van der Waals surface area contributed by atoms with Crippen LogP contribution in [0, 0.1) is 5.92 Å². The average Bonchev–Trinajstić information content (AvgIpc) is 2.44. The molecular weight excluding hydrogens is 234 g/mol. The van der Waals surface area contributed by atoms with E-state index in [1.807, 2.05) is 0 Å². The second-order valence-corrected chi connectivity index (χ2v) is 5.37.